The van der Waals surface area contributed by atoms with Gasteiger partial charge in [-0.1, -0.05) is 73.9 Å². The van der Waals surface area contributed by atoms with Crippen LogP contribution in [-0.2, 0) is 16.1 Å². The summed E-state index contributed by atoms with van der Waals surface area (Å²) in [7, 11) is 1.92. The van der Waals surface area contributed by atoms with Crippen LogP contribution < -0.4 is 19.7 Å². The molecule has 0 radical (unpaired) electrons. The van der Waals surface area contributed by atoms with Crippen molar-refractivity contribution in [3.05, 3.63) is 114 Å². The molecule has 6 rings (SSSR count). The van der Waals surface area contributed by atoms with Gasteiger partial charge in [0.05, 0.1) is 23.7 Å². The zero-order valence-corrected chi connectivity index (χ0v) is 30.2. The maximum Gasteiger partial charge on any atom is 0.333 e. The smallest absolute Gasteiger partial charge is 0.333 e. The minimum Gasteiger partial charge on any atom is -0.494 e. The Bertz CT molecular complexity index is 1830. The van der Waals surface area contributed by atoms with Gasteiger partial charge in [-0.05, 0) is 86.7 Å². The Kier molecular flexibility index (Phi) is 11.9. The van der Waals surface area contributed by atoms with E-state index in [1.807, 2.05) is 123 Å². The van der Waals surface area contributed by atoms with Gasteiger partial charge < -0.3 is 19.3 Å². The Labute approximate surface area is 306 Å². The van der Waals surface area contributed by atoms with E-state index in [1.54, 1.807) is 9.80 Å². The number of para-hydroxylation sites is 3. The molecule has 3 amide bonds. The number of fused-ring (bicyclic) bond motifs is 1. The van der Waals surface area contributed by atoms with Gasteiger partial charge in [-0.2, -0.15) is 0 Å². The molecule has 1 saturated carbocycles. The average molecular weight is 702 g/mol. The number of aryl methyl sites for hydroxylation is 2. The number of hydrogen-bond acceptors (Lipinski definition) is 7. The first kappa shape index (κ1) is 36.2. The monoisotopic (exact) mass is 701 g/mol. The topological polar surface area (TPSA) is 104 Å². The summed E-state index contributed by atoms with van der Waals surface area (Å²) in [5.74, 6) is 1.06. The highest BCUT2D eigenvalue weighted by Crippen LogP contribution is 2.31. The van der Waals surface area contributed by atoms with Crippen LogP contribution in [0, 0.1) is 13.8 Å². The van der Waals surface area contributed by atoms with Gasteiger partial charge in [0.1, 0.15) is 18.0 Å². The second-order valence-electron chi connectivity index (χ2n) is 13.5. The molecular weight excluding hydrogens is 654 g/mol. The lowest BCUT2D eigenvalue weighted by Gasteiger charge is -2.32. The zero-order valence-electron chi connectivity index (χ0n) is 30.2. The average Bonchev–Trinajstić information content (AvgIpc) is 3.16. The van der Waals surface area contributed by atoms with Gasteiger partial charge in [-0.15, -0.1) is 0 Å². The first-order valence-corrected chi connectivity index (χ1v) is 18.1. The molecule has 2 aliphatic rings. The number of carbonyl (C=O) groups is 3. The van der Waals surface area contributed by atoms with Gasteiger partial charge in [-0.25, -0.2) is 14.6 Å². The second-order valence-corrected chi connectivity index (χ2v) is 13.5. The molecular formula is C42H47N5O5. The molecule has 1 heterocycles. The lowest BCUT2D eigenvalue weighted by Crippen LogP contribution is -2.50. The summed E-state index contributed by atoms with van der Waals surface area (Å²) in [6.07, 6.45) is 6.84. The van der Waals surface area contributed by atoms with Gasteiger partial charge >= 0.3 is 12.0 Å². The number of ether oxygens (including phenoxy) is 2. The van der Waals surface area contributed by atoms with E-state index in [0.717, 1.165) is 29.5 Å². The molecule has 1 N–H and O–H groups in total. The molecule has 0 atom stereocenters. The van der Waals surface area contributed by atoms with E-state index in [1.165, 1.54) is 19.3 Å². The molecule has 4 aromatic carbocycles. The van der Waals surface area contributed by atoms with Gasteiger partial charge in [0.25, 0.3) is 0 Å². The fourth-order valence-electron chi connectivity index (χ4n) is 6.80. The molecule has 0 bridgehead atoms. The van der Waals surface area contributed by atoms with Crippen molar-refractivity contribution in [1.82, 2.24) is 15.1 Å². The molecule has 52 heavy (non-hydrogen) atoms. The van der Waals surface area contributed by atoms with Crippen molar-refractivity contribution in [2.24, 2.45) is 4.99 Å². The molecule has 10 heteroatoms. The number of benzene rings is 4. The maximum absolute atomic E-state index is 14.1. The summed E-state index contributed by atoms with van der Waals surface area (Å²) in [5, 5.41) is 2.99. The lowest BCUT2D eigenvalue weighted by atomic mass is 9.94. The van der Waals surface area contributed by atoms with Crippen LogP contribution in [-0.4, -0.2) is 59.9 Å². The van der Waals surface area contributed by atoms with Crippen LogP contribution in [0.1, 0.15) is 61.6 Å². The zero-order chi connectivity index (χ0) is 36.5. The fraction of sp³-hybridized carbons (Fsp3) is 0.333. The van der Waals surface area contributed by atoms with E-state index in [2.05, 4.69) is 5.32 Å². The van der Waals surface area contributed by atoms with Gasteiger partial charge in [-0.3, -0.25) is 15.0 Å². The number of rotatable bonds is 11. The molecule has 0 spiro atoms. The Balaban J connectivity index is 1.19. The Morgan fingerprint density at radius 1 is 0.846 bits per heavy atom. The molecule has 270 valence electrons. The van der Waals surface area contributed by atoms with Crippen LogP contribution in [0.3, 0.4) is 0 Å². The number of aliphatic imine (C=N–C) groups is 1. The first-order chi connectivity index (χ1) is 25.3. The third-order valence-corrected chi connectivity index (χ3v) is 9.65. The van der Waals surface area contributed by atoms with Crippen molar-refractivity contribution in [3.63, 3.8) is 0 Å². The quantitative estimate of drug-likeness (QED) is 0.0961. The summed E-state index contributed by atoms with van der Waals surface area (Å²) >= 11 is 0. The normalized spacial score (nSPS) is 14.1. The highest BCUT2D eigenvalue weighted by atomic mass is 16.5. The Morgan fingerprint density at radius 2 is 1.50 bits per heavy atom. The van der Waals surface area contributed by atoms with E-state index in [9.17, 15) is 14.4 Å². The number of esters is 1. The molecule has 4 aromatic rings. The number of anilines is 2. The van der Waals surface area contributed by atoms with E-state index >= 15 is 0 Å². The Hall–Kier alpha value is -5.64. The van der Waals surface area contributed by atoms with Crippen LogP contribution in [0.4, 0.5) is 21.9 Å². The summed E-state index contributed by atoms with van der Waals surface area (Å²) < 4.78 is 11.9. The molecule has 0 saturated heterocycles. The third kappa shape index (κ3) is 8.98. The van der Waals surface area contributed by atoms with Crippen LogP contribution in [0.15, 0.2) is 102 Å². The van der Waals surface area contributed by atoms with Crippen molar-refractivity contribution in [2.75, 3.05) is 25.1 Å². The number of amides is 3. The lowest BCUT2D eigenvalue weighted by molar-refractivity contribution is -0.135. The SMILES string of the molecule is Cc1cccc(C)c1OC(=O)CN1Cc2cc(OCCCC(=O)N(C)C3CCCCC3)ccc2N=C1NC(=O)N(c1ccccc1)c1ccccc1. The number of carbonyl (C=O) groups excluding carboxylic acids is 3. The summed E-state index contributed by atoms with van der Waals surface area (Å²) in [4.78, 5) is 50.3. The fourth-order valence-corrected chi connectivity index (χ4v) is 6.80. The van der Waals surface area contributed by atoms with Gasteiger partial charge in [0, 0.05) is 31.6 Å². The Morgan fingerprint density at radius 3 is 2.15 bits per heavy atom. The van der Waals surface area contributed by atoms with Crippen molar-refractivity contribution >= 4 is 40.9 Å². The number of nitrogens with zero attached hydrogens (tertiary/aromatic N) is 4. The van der Waals surface area contributed by atoms with Crippen molar-refractivity contribution < 1.29 is 23.9 Å². The van der Waals surface area contributed by atoms with Crippen LogP contribution >= 0.6 is 0 Å². The highest BCUT2D eigenvalue weighted by Gasteiger charge is 2.28. The summed E-state index contributed by atoms with van der Waals surface area (Å²) in [6.45, 7) is 4.30. The minimum atomic E-state index is -0.485. The molecule has 0 unspecified atom stereocenters. The predicted molar refractivity (Wildman–Crippen MR) is 203 cm³/mol. The van der Waals surface area contributed by atoms with Crippen molar-refractivity contribution in [1.29, 1.82) is 0 Å². The number of nitrogens with one attached hydrogen (secondary N) is 1. The predicted octanol–water partition coefficient (Wildman–Crippen LogP) is 8.21. The van der Waals surface area contributed by atoms with Crippen LogP contribution in [0.2, 0.25) is 0 Å². The minimum absolute atomic E-state index is 0.159. The molecule has 1 fully saturated rings. The number of urea groups is 1. The van der Waals surface area contributed by atoms with E-state index in [4.69, 9.17) is 14.5 Å². The maximum atomic E-state index is 14.1. The van der Waals surface area contributed by atoms with Crippen LogP contribution in [0.5, 0.6) is 11.5 Å². The third-order valence-electron chi connectivity index (χ3n) is 9.65. The van der Waals surface area contributed by atoms with Gasteiger partial charge in [0.15, 0.2) is 0 Å². The van der Waals surface area contributed by atoms with Crippen molar-refractivity contribution in [3.8, 4) is 11.5 Å². The first-order valence-electron chi connectivity index (χ1n) is 18.1. The van der Waals surface area contributed by atoms with E-state index < -0.39 is 12.0 Å². The van der Waals surface area contributed by atoms with E-state index in [-0.39, 0.29) is 25.0 Å². The van der Waals surface area contributed by atoms with Crippen molar-refractivity contribution in [2.45, 2.75) is 71.4 Å². The standard InChI is InChI=1S/C42H47N5O5/c1-30-15-13-16-31(2)40(30)52-39(49)29-46-28-32-27-36(51-26-14-23-38(48)45(3)33-17-7-4-8-18-33)24-25-37(32)43-41(46)44-42(50)47(34-19-9-5-10-20-34)35-21-11-6-12-22-35/h5-6,9-13,15-16,19-22,24-25,27,33H,4,7-8,14,17-18,23,26,28-29H2,1-3H3,(H,43,44,50). The molecule has 1 aliphatic heterocycles. The number of hydrogen-bond donors (Lipinski definition) is 1. The van der Waals surface area contributed by atoms with E-state index in [0.29, 0.717) is 54.1 Å². The second kappa shape index (κ2) is 17.0. The summed E-state index contributed by atoms with van der Waals surface area (Å²) in [6, 6.07) is 29.9. The highest BCUT2D eigenvalue weighted by molar-refractivity contribution is 6.09. The molecule has 1 aliphatic carbocycles. The largest absolute Gasteiger partial charge is 0.494 e. The summed E-state index contributed by atoms with van der Waals surface area (Å²) in [5.41, 5.74) is 4.53. The van der Waals surface area contributed by atoms with Gasteiger partial charge in [0.2, 0.25) is 11.9 Å². The molecule has 10 nitrogen and oxygen atoms in total. The number of guanidine groups is 1. The molecule has 0 aromatic heterocycles. The van der Waals surface area contributed by atoms with Crippen LogP contribution in [0.25, 0.3) is 0 Å².